The van der Waals surface area contributed by atoms with E-state index < -0.39 is 10.0 Å². The molecule has 8 nitrogen and oxygen atoms in total. The quantitative estimate of drug-likeness (QED) is 0.807. The molecule has 98 valence electrons. The number of hydrogen-bond acceptors (Lipinski definition) is 7. The van der Waals surface area contributed by atoms with Crippen LogP contribution < -0.4 is 4.72 Å². The lowest BCUT2D eigenvalue weighted by molar-refractivity contribution is 0.377. The molecule has 0 aromatic carbocycles. The SMILES string of the molecule is N#Cc1ncccc1S(=O)(=O)NCCc1ncno1. The van der Waals surface area contributed by atoms with E-state index in [4.69, 9.17) is 9.78 Å². The molecule has 2 aromatic rings. The molecule has 2 rings (SSSR count). The van der Waals surface area contributed by atoms with Gasteiger partial charge in [0.1, 0.15) is 11.0 Å². The molecule has 0 radical (unpaired) electrons. The second-order valence-corrected chi connectivity index (χ2v) is 5.18. The summed E-state index contributed by atoms with van der Waals surface area (Å²) in [5, 5.41) is 12.2. The summed E-state index contributed by atoms with van der Waals surface area (Å²) in [7, 11) is -3.78. The van der Waals surface area contributed by atoms with Crippen molar-refractivity contribution in [3.63, 3.8) is 0 Å². The zero-order valence-corrected chi connectivity index (χ0v) is 10.5. The first-order chi connectivity index (χ1) is 9.13. The third-order valence-electron chi connectivity index (χ3n) is 2.20. The Morgan fingerprint density at radius 3 is 2.95 bits per heavy atom. The molecule has 0 unspecified atom stereocenters. The van der Waals surface area contributed by atoms with Crippen molar-refractivity contribution in [1.29, 1.82) is 5.26 Å². The van der Waals surface area contributed by atoms with E-state index in [1.807, 2.05) is 0 Å². The fourth-order valence-corrected chi connectivity index (χ4v) is 2.50. The van der Waals surface area contributed by atoms with Crippen LogP contribution in [0.2, 0.25) is 0 Å². The number of aromatic nitrogens is 3. The van der Waals surface area contributed by atoms with E-state index >= 15 is 0 Å². The van der Waals surface area contributed by atoms with Gasteiger partial charge in [-0.25, -0.2) is 18.1 Å². The average molecular weight is 279 g/mol. The molecular formula is C10H9N5O3S. The summed E-state index contributed by atoms with van der Waals surface area (Å²) >= 11 is 0. The van der Waals surface area contributed by atoms with Gasteiger partial charge in [0, 0.05) is 19.2 Å². The minimum Gasteiger partial charge on any atom is -0.340 e. The topological polar surface area (TPSA) is 122 Å². The molecule has 0 fully saturated rings. The van der Waals surface area contributed by atoms with Gasteiger partial charge in [0.15, 0.2) is 12.0 Å². The maximum Gasteiger partial charge on any atom is 0.243 e. The molecule has 0 amide bonds. The largest absolute Gasteiger partial charge is 0.340 e. The number of nitrogens with zero attached hydrogens (tertiary/aromatic N) is 4. The van der Waals surface area contributed by atoms with E-state index in [-0.39, 0.29) is 23.6 Å². The Morgan fingerprint density at radius 1 is 1.42 bits per heavy atom. The predicted octanol–water partition coefficient (Wildman–Crippen LogP) is -0.143. The lowest BCUT2D eigenvalue weighted by atomic mass is 10.4. The summed E-state index contributed by atoms with van der Waals surface area (Å²) in [5.41, 5.74) is -0.146. The van der Waals surface area contributed by atoms with Gasteiger partial charge in [-0.05, 0) is 12.1 Å². The highest BCUT2D eigenvalue weighted by atomic mass is 32.2. The van der Waals surface area contributed by atoms with Crippen LogP contribution in [0.15, 0.2) is 34.1 Å². The lowest BCUT2D eigenvalue weighted by Gasteiger charge is -2.06. The molecule has 1 N–H and O–H groups in total. The van der Waals surface area contributed by atoms with Gasteiger partial charge in [0.25, 0.3) is 0 Å². The van der Waals surface area contributed by atoms with Gasteiger partial charge in [-0.2, -0.15) is 10.2 Å². The van der Waals surface area contributed by atoms with Gasteiger partial charge in [-0.1, -0.05) is 5.16 Å². The van der Waals surface area contributed by atoms with Crippen LogP contribution in [0.25, 0.3) is 0 Å². The number of nitrogens with one attached hydrogen (secondary N) is 1. The summed E-state index contributed by atoms with van der Waals surface area (Å²) in [4.78, 5) is 7.32. The molecule has 19 heavy (non-hydrogen) atoms. The maximum atomic E-state index is 12.0. The number of sulfonamides is 1. The first-order valence-electron chi connectivity index (χ1n) is 5.24. The van der Waals surface area contributed by atoms with E-state index in [1.54, 1.807) is 6.07 Å². The summed E-state index contributed by atoms with van der Waals surface area (Å²) in [6.45, 7) is 0.0876. The standard InChI is InChI=1S/C10H9N5O3S/c11-6-8-9(2-1-4-12-8)19(16,17)15-5-3-10-13-7-14-18-10/h1-2,4,7,15H,3,5H2. The first-order valence-corrected chi connectivity index (χ1v) is 6.72. The van der Waals surface area contributed by atoms with Gasteiger partial charge in [-0.3, -0.25) is 0 Å². The minimum atomic E-state index is -3.78. The maximum absolute atomic E-state index is 12.0. The monoisotopic (exact) mass is 279 g/mol. The zero-order chi connectivity index (χ0) is 13.7. The van der Waals surface area contributed by atoms with E-state index in [0.29, 0.717) is 5.89 Å². The summed E-state index contributed by atoms with van der Waals surface area (Å²) in [6, 6.07) is 4.51. The normalized spacial score (nSPS) is 11.1. The van der Waals surface area contributed by atoms with E-state index in [2.05, 4.69) is 19.8 Å². The Morgan fingerprint density at radius 2 is 2.26 bits per heavy atom. The third-order valence-corrected chi connectivity index (χ3v) is 3.70. The van der Waals surface area contributed by atoms with Crippen molar-refractivity contribution in [1.82, 2.24) is 19.8 Å². The van der Waals surface area contributed by atoms with Crippen molar-refractivity contribution in [3.8, 4) is 6.07 Å². The lowest BCUT2D eigenvalue weighted by Crippen LogP contribution is -2.27. The van der Waals surface area contributed by atoms with Crippen LogP contribution in [0.3, 0.4) is 0 Å². The van der Waals surface area contributed by atoms with Gasteiger partial charge in [0.05, 0.1) is 0 Å². The Kier molecular flexibility index (Phi) is 3.84. The Labute approximate surface area is 109 Å². The fraction of sp³-hybridized carbons (Fsp3) is 0.200. The number of hydrogen-bond donors (Lipinski definition) is 1. The van der Waals surface area contributed by atoms with Crippen LogP contribution in [0.4, 0.5) is 0 Å². The van der Waals surface area contributed by atoms with Gasteiger partial charge < -0.3 is 4.52 Å². The van der Waals surface area contributed by atoms with Crippen LogP contribution in [0.5, 0.6) is 0 Å². The fourth-order valence-electron chi connectivity index (χ4n) is 1.37. The molecule has 0 saturated carbocycles. The molecule has 0 aliphatic carbocycles. The van der Waals surface area contributed by atoms with Crippen molar-refractivity contribution in [2.24, 2.45) is 0 Å². The molecule has 0 aliphatic heterocycles. The van der Waals surface area contributed by atoms with Crippen molar-refractivity contribution in [2.75, 3.05) is 6.54 Å². The molecule has 2 aromatic heterocycles. The molecule has 0 spiro atoms. The molecule has 9 heteroatoms. The number of rotatable bonds is 5. The van der Waals surface area contributed by atoms with Gasteiger partial charge in [0.2, 0.25) is 15.9 Å². The highest BCUT2D eigenvalue weighted by molar-refractivity contribution is 7.89. The van der Waals surface area contributed by atoms with Crippen LogP contribution in [-0.2, 0) is 16.4 Å². The highest BCUT2D eigenvalue weighted by Crippen LogP contribution is 2.11. The predicted molar refractivity (Wildman–Crippen MR) is 62.1 cm³/mol. The van der Waals surface area contributed by atoms with Crippen LogP contribution >= 0.6 is 0 Å². The second-order valence-electron chi connectivity index (χ2n) is 3.44. The number of nitriles is 1. The second kappa shape index (κ2) is 5.55. The summed E-state index contributed by atoms with van der Waals surface area (Å²) < 4.78 is 31.0. The smallest absolute Gasteiger partial charge is 0.243 e. The Hall–Kier alpha value is -2.31. The van der Waals surface area contributed by atoms with Crippen LogP contribution in [0.1, 0.15) is 11.6 Å². The van der Waals surface area contributed by atoms with Gasteiger partial charge >= 0.3 is 0 Å². The summed E-state index contributed by atoms with van der Waals surface area (Å²) in [5.74, 6) is 0.328. The van der Waals surface area contributed by atoms with E-state index in [1.165, 1.54) is 24.7 Å². The van der Waals surface area contributed by atoms with Crippen LogP contribution in [0, 0.1) is 11.3 Å². The molecule has 0 bridgehead atoms. The molecule has 2 heterocycles. The molecule has 0 aliphatic rings. The average Bonchev–Trinajstić information content (AvgIpc) is 2.91. The first kappa shape index (κ1) is 13.1. The van der Waals surface area contributed by atoms with Crippen molar-refractivity contribution >= 4 is 10.0 Å². The Balaban J connectivity index is 2.08. The van der Waals surface area contributed by atoms with Crippen molar-refractivity contribution < 1.29 is 12.9 Å². The molecule has 0 atom stereocenters. The molecular weight excluding hydrogens is 270 g/mol. The van der Waals surface area contributed by atoms with Crippen molar-refractivity contribution in [2.45, 2.75) is 11.3 Å². The Bertz CT molecular complexity index is 690. The summed E-state index contributed by atoms with van der Waals surface area (Å²) in [6.07, 6.45) is 2.86. The highest BCUT2D eigenvalue weighted by Gasteiger charge is 2.18. The van der Waals surface area contributed by atoms with Crippen molar-refractivity contribution in [3.05, 3.63) is 36.2 Å². The van der Waals surface area contributed by atoms with E-state index in [9.17, 15) is 8.42 Å². The zero-order valence-electron chi connectivity index (χ0n) is 9.65. The number of pyridine rings is 1. The van der Waals surface area contributed by atoms with Crippen LogP contribution in [-0.4, -0.2) is 30.1 Å². The van der Waals surface area contributed by atoms with E-state index in [0.717, 1.165) is 0 Å². The molecule has 0 saturated heterocycles. The third kappa shape index (κ3) is 3.12. The minimum absolute atomic E-state index is 0.0876. The van der Waals surface area contributed by atoms with Gasteiger partial charge in [-0.15, -0.1) is 0 Å².